The Morgan fingerprint density at radius 3 is 2.61 bits per heavy atom. The highest BCUT2D eigenvalue weighted by Gasteiger charge is 2.16. The van der Waals surface area contributed by atoms with Gasteiger partial charge in [0.2, 0.25) is 5.96 Å². The number of nitrogens with one attached hydrogen (secondary N) is 1. The van der Waals surface area contributed by atoms with E-state index in [0.717, 1.165) is 29.9 Å². The largest absolute Gasteiger partial charge is 0.463 e. The zero-order valence-corrected chi connectivity index (χ0v) is 18.1. The van der Waals surface area contributed by atoms with Gasteiger partial charge in [-0.3, -0.25) is 0 Å². The molecule has 1 saturated heterocycles. The predicted molar refractivity (Wildman–Crippen MR) is 125 cm³/mol. The lowest BCUT2D eigenvalue weighted by molar-refractivity contribution is -0.137. The fourth-order valence-corrected chi connectivity index (χ4v) is 3.11. The highest BCUT2D eigenvalue weighted by Crippen LogP contribution is 2.15. The molecule has 3 rings (SSSR count). The third kappa shape index (κ3) is 7.42. The number of allylic oxidation sites excluding steroid dienone is 1. The number of aryl methyl sites for hydroxylation is 1. The fraction of sp³-hybridized carbons (Fsp3) is 0.280. The number of aliphatic imine (C=N–C) groups is 1. The maximum atomic E-state index is 11.9. The van der Waals surface area contributed by atoms with Crippen LogP contribution in [0.3, 0.4) is 0 Å². The quantitative estimate of drug-likeness (QED) is 0.249. The van der Waals surface area contributed by atoms with Crippen molar-refractivity contribution in [1.82, 2.24) is 4.90 Å². The Bertz CT molecular complexity index is 945. The van der Waals surface area contributed by atoms with Gasteiger partial charge in [0, 0.05) is 24.9 Å². The molecule has 6 heteroatoms. The zero-order valence-electron chi connectivity index (χ0n) is 18.1. The van der Waals surface area contributed by atoms with E-state index in [0.29, 0.717) is 31.5 Å². The summed E-state index contributed by atoms with van der Waals surface area (Å²) in [6.45, 7) is 6.93. The summed E-state index contributed by atoms with van der Waals surface area (Å²) < 4.78 is 10.5. The first-order chi connectivity index (χ1) is 15.1. The molecule has 0 amide bonds. The molecule has 6 nitrogen and oxygen atoms in total. The minimum atomic E-state index is -0.392. The molecule has 31 heavy (non-hydrogen) atoms. The van der Waals surface area contributed by atoms with Crippen LogP contribution < -0.4 is 5.32 Å². The minimum Gasteiger partial charge on any atom is -0.463 e. The summed E-state index contributed by atoms with van der Waals surface area (Å²) in [6.07, 6.45) is 5.03. The Hall–Kier alpha value is -3.38. The number of nitrogens with zero attached hydrogens (tertiary/aromatic N) is 2. The number of hydrogen-bond donors (Lipinski definition) is 1. The van der Waals surface area contributed by atoms with Gasteiger partial charge in [-0.2, -0.15) is 0 Å². The van der Waals surface area contributed by atoms with Crippen LogP contribution in [0.25, 0.3) is 6.08 Å². The Kier molecular flexibility index (Phi) is 8.43. The maximum absolute atomic E-state index is 11.9. The number of hydrogen-bond acceptors (Lipinski definition) is 4. The van der Waals surface area contributed by atoms with Crippen molar-refractivity contribution in [2.24, 2.45) is 4.99 Å². The van der Waals surface area contributed by atoms with Crippen molar-refractivity contribution in [3.05, 3.63) is 83.6 Å². The molecule has 0 atom stereocenters. The Balaban J connectivity index is 1.97. The van der Waals surface area contributed by atoms with Gasteiger partial charge < -0.3 is 19.7 Å². The smallest absolute Gasteiger partial charge is 0.330 e. The number of rotatable bonds is 6. The summed E-state index contributed by atoms with van der Waals surface area (Å²) >= 11 is 0. The molecule has 1 aliphatic rings. The van der Waals surface area contributed by atoms with E-state index in [9.17, 15) is 4.79 Å². The van der Waals surface area contributed by atoms with Crippen LogP contribution in [-0.4, -0.2) is 49.7 Å². The first-order valence-electron chi connectivity index (χ1n) is 10.5. The van der Waals surface area contributed by atoms with Crippen molar-refractivity contribution in [2.75, 3.05) is 38.2 Å². The summed E-state index contributed by atoms with van der Waals surface area (Å²) in [7, 11) is 0. The van der Waals surface area contributed by atoms with Gasteiger partial charge in [0.05, 0.1) is 25.5 Å². The molecule has 1 heterocycles. The lowest BCUT2D eigenvalue weighted by atomic mass is 10.2. The predicted octanol–water partition coefficient (Wildman–Crippen LogP) is 4.26. The molecule has 1 N–H and O–H groups in total. The van der Waals surface area contributed by atoms with E-state index < -0.39 is 5.97 Å². The van der Waals surface area contributed by atoms with E-state index in [1.165, 1.54) is 6.08 Å². The Morgan fingerprint density at radius 1 is 1.13 bits per heavy atom. The van der Waals surface area contributed by atoms with E-state index in [4.69, 9.17) is 14.5 Å². The van der Waals surface area contributed by atoms with Crippen molar-refractivity contribution >= 4 is 23.7 Å². The Morgan fingerprint density at radius 2 is 1.90 bits per heavy atom. The molecule has 0 bridgehead atoms. The lowest BCUT2D eigenvalue weighted by Crippen LogP contribution is -2.44. The average molecular weight is 420 g/mol. The van der Waals surface area contributed by atoms with Crippen molar-refractivity contribution in [3.63, 3.8) is 0 Å². The molecule has 2 aromatic rings. The summed E-state index contributed by atoms with van der Waals surface area (Å²) in [6, 6.07) is 18.0. The van der Waals surface area contributed by atoms with Crippen molar-refractivity contribution in [3.8, 4) is 0 Å². The molecule has 0 unspecified atom stereocenters. The van der Waals surface area contributed by atoms with Gasteiger partial charge in [0.1, 0.15) is 0 Å². The molecule has 162 valence electrons. The highest BCUT2D eigenvalue weighted by atomic mass is 16.5. The van der Waals surface area contributed by atoms with E-state index in [2.05, 4.69) is 29.3 Å². The number of carbonyl (C=O) groups is 1. The molecule has 0 spiro atoms. The van der Waals surface area contributed by atoms with Gasteiger partial charge >= 0.3 is 5.97 Å². The molecule has 1 fully saturated rings. The SMILES string of the molecule is CCOC(=O)/C=C/C(=C/c1ccccc1)N=C(Nc1cccc(C)c1)N1CCOCC1. The molecule has 0 radical (unpaired) electrons. The molecule has 0 aromatic heterocycles. The first kappa shape index (κ1) is 22.3. The molecule has 0 aliphatic carbocycles. The monoisotopic (exact) mass is 419 g/mol. The van der Waals surface area contributed by atoms with Crippen molar-refractivity contribution in [1.29, 1.82) is 0 Å². The number of ether oxygens (including phenoxy) is 2. The van der Waals surface area contributed by atoms with Crippen LogP contribution in [0.4, 0.5) is 5.69 Å². The summed E-state index contributed by atoms with van der Waals surface area (Å²) in [5.41, 5.74) is 3.75. The summed E-state index contributed by atoms with van der Waals surface area (Å²) in [4.78, 5) is 18.9. The highest BCUT2D eigenvalue weighted by molar-refractivity contribution is 5.95. The average Bonchev–Trinajstić information content (AvgIpc) is 2.78. The first-order valence-corrected chi connectivity index (χ1v) is 10.5. The molecule has 0 saturated carbocycles. The van der Waals surface area contributed by atoms with Crippen LogP contribution in [0.1, 0.15) is 18.1 Å². The van der Waals surface area contributed by atoms with E-state index >= 15 is 0 Å². The van der Waals surface area contributed by atoms with Gasteiger partial charge in [-0.05, 0) is 49.3 Å². The van der Waals surface area contributed by atoms with Gasteiger partial charge in [0.15, 0.2) is 0 Å². The molecule has 1 aliphatic heterocycles. The van der Waals surface area contributed by atoms with Crippen LogP contribution in [-0.2, 0) is 14.3 Å². The Labute approximate surface area is 183 Å². The summed E-state index contributed by atoms with van der Waals surface area (Å²) in [5.74, 6) is 0.320. The van der Waals surface area contributed by atoms with Crippen LogP contribution in [0.2, 0.25) is 0 Å². The molecular weight excluding hydrogens is 390 g/mol. The standard InChI is InChI=1S/C25H29N3O3/c1-3-31-24(29)13-12-23(19-21-9-5-4-6-10-21)27-25(28-14-16-30-17-15-28)26-22-11-7-8-20(2)18-22/h4-13,18-19H,3,14-17H2,1-2H3,(H,26,27)/b13-12+,23-19-. The van der Waals surface area contributed by atoms with Gasteiger partial charge in [0.25, 0.3) is 0 Å². The molecular formula is C25H29N3O3. The van der Waals surface area contributed by atoms with Crippen molar-refractivity contribution in [2.45, 2.75) is 13.8 Å². The third-order valence-corrected chi connectivity index (χ3v) is 4.61. The number of guanidine groups is 1. The maximum Gasteiger partial charge on any atom is 0.330 e. The zero-order chi connectivity index (χ0) is 21.9. The van der Waals surface area contributed by atoms with Gasteiger partial charge in [-0.25, -0.2) is 9.79 Å². The number of anilines is 1. The summed E-state index contributed by atoms with van der Waals surface area (Å²) in [5, 5.41) is 3.45. The van der Waals surface area contributed by atoms with E-state index in [1.54, 1.807) is 13.0 Å². The number of morpholine rings is 1. The fourth-order valence-electron chi connectivity index (χ4n) is 3.11. The third-order valence-electron chi connectivity index (χ3n) is 4.61. The van der Waals surface area contributed by atoms with Crippen LogP contribution >= 0.6 is 0 Å². The lowest BCUT2D eigenvalue weighted by Gasteiger charge is -2.30. The van der Waals surface area contributed by atoms with E-state index in [-0.39, 0.29) is 0 Å². The second kappa shape index (κ2) is 11.7. The van der Waals surface area contributed by atoms with Crippen LogP contribution in [0.15, 0.2) is 77.4 Å². The minimum absolute atomic E-state index is 0.331. The number of esters is 1. The second-order valence-electron chi connectivity index (χ2n) is 7.09. The van der Waals surface area contributed by atoms with Gasteiger partial charge in [-0.1, -0.05) is 42.5 Å². The van der Waals surface area contributed by atoms with Crippen LogP contribution in [0.5, 0.6) is 0 Å². The second-order valence-corrected chi connectivity index (χ2v) is 7.09. The number of benzene rings is 2. The number of carbonyl (C=O) groups excluding carboxylic acids is 1. The topological polar surface area (TPSA) is 63.2 Å². The van der Waals surface area contributed by atoms with Crippen LogP contribution in [0, 0.1) is 6.92 Å². The van der Waals surface area contributed by atoms with Crippen molar-refractivity contribution < 1.29 is 14.3 Å². The normalized spacial score (nSPS) is 15.2. The molecule has 2 aromatic carbocycles. The van der Waals surface area contributed by atoms with E-state index in [1.807, 2.05) is 48.5 Å². The van der Waals surface area contributed by atoms with Gasteiger partial charge in [-0.15, -0.1) is 0 Å².